The number of nitrogens with two attached hydrogens (primary N) is 1. The van der Waals surface area contributed by atoms with Gasteiger partial charge in [0.1, 0.15) is 5.82 Å². The molecule has 0 saturated heterocycles. The van der Waals surface area contributed by atoms with Crippen molar-refractivity contribution in [2.45, 2.75) is 12.5 Å². The van der Waals surface area contributed by atoms with Crippen LogP contribution in [-0.4, -0.2) is 0 Å². The van der Waals surface area contributed by atoms with Gasteiger partial charge in [-0.3, -0.25) is 11.3 Å². The van der Waals surface area contributed by atoms with Crippen molar-refractivity contribution in [1.29, 1.82) is 0 Å². The van der Waals surface area contributed by atoms with Crippen molar-refractivity contribution in [3.8, 4) is 0 Å². The average molecular weight is 363 g/mol. The van der Waals surface area contributed by atoms with Crippen molar-refractivity contribution in [2.24, 2.45) is 5.84 Å². The fourth-order valence-electron chi connectivity index (χ4n) is 1.96. The number of rotatable bonds is 4. The minimum atomic E-state index is -1.55. The van der Waals surface area contributed by atoms with Crippen molar-refractivity contribution >= 4 is 15.9 Å². The molecule has 7 heteroatoms. The van der Waals surface area contributed by atoms with Crippen molar-refractivity contribution < 1.29 is 17.6 Å². The Kier molecular flexibility index (Phi) is 4.97. The van der Waals surface area contributed by atoms with Crippen LogP contribution in [0.25, 0.3) is 0 Å². The van der Waals surface area contributed by atoms with Crippen molar-refractivity contribution in [3.63, 3.8) is 0 Å². The van der Waals surface area contributed by atoms with Gasteiger partial charge in [-0.1, -0.05) is 22.0 Å². The van der Waals surface area contributed by atoms with Gasteiger partial charge in [-0.15, -0.1) is 0 Å². The monoisotopic (exact) mass is 362 g/mol. The van der Waals surface area contributed by atoms with Crippen LogP contribution in [0.1, 0.15) is 17.2 Å². The van der Waals surface area contributed by atoms with E-state index in [1.165, 1.54) is 12.1 Å². The van der Waals surface area contributed by atoms with Crippen LogP contribution in [0.15, 0.2) is 34.8 Å². The van der Waals surface area contributed by atoms with E-state index in [1.807, 2.05) is 0 Å². The summed E-state index contributed by atoms with van der Waals surface area (Å²) in [6, 6.07) is 5.34. The van der Waals surface area contributed by atoms with E-state index in [0.717, 1.165) is 12.1 Å². The fraction of sp³-hybridized carbons (Fsp3) is 0.143. The first kappa shape index (κ1) is 15.9. The molecule has 0 fully saturated rings. The predicted molar refractivity (Wildman–Crippen MR) is 74.2 cm³/mol. The SMILES string of the molecule is NNC(Cc1ccc(Br)cc1F)c1cc(F)c(F)c(F)c1. The van der Waals surface area contributed by atoms with Crippen LogP contribution >= 0.6 is 15.9 Å². The Morgan fingerprint density at radius 3 is 2.14 bits per heavy atom. The molecule has 2 nitrogen and oxygen atoms in total. The second-order valence-corrected chi connectivity index (χ2v) is 5.37. The largest absolute Gasteiger partial charge is 0.271 e. The molecule has 1 atom stereocenters. The Morgan fingerprint density at radius 1 is 1.00 bits per heavy atom. The first-order chi connectivity index (χ1) is 9.92. The van der Waals surface area contributed by atoms with E-state index in [9.17, 15) is 17.6 Å². The molecule has 0 aliphatic carbocycles. The van der Waals surface area contributed by atoms with Crippen molar-refractivity contribution in [3.05, 3.63) is 69.2 Å². The molecule has 2 rings (SSSR count). The van der Waals surface area contributed by atoms with Crippen LogP contribution in [0.5, 0.6) is 0 Å². The van der Waals surface area contributed by atoms with Gasteiger partial charge in [-0.25, -0.2) is 17.6 Å². The Balaban J connectivity index is 2.32. The third-order valence-corrected chi connectivity index (χ3v) is 3.54. The van der Waals surface area contributed by atoms with Crippen LogP contribution in [0.2, 0.25) is 0 Å². The minimum Gasteiger partial charge on any atom is -0.271 e. The first-order valence-corrected chi connectivity index (χ1v) is 6.76. The van der Waals surface area contributed by atoms with E-state index in [2.05, 4.69) is 21.4 Å². The van der Waals surface area contributed by atoms with Gasteiger partial charge in [-0.05, 0) is 41.8 Å². The second kappa shape index (κ2) is 6.55. The molecule has 0 aliphatic heterocycles. The lowest BCUT2D eigenvalue weighted by Gasteiger charge is -2.17. The lowest BCUT2D eigenvalue weighted by atomic mass is 9.98. The highest BCUT2D eigenvalue weighted by Crippen LogP contribution is 2.24. The molecular weight excluding hydrogens is 352 g/mol. The Hall–Kier alpha value is -1.44. The smallest absolute Gasteiger partial charge is 0.194 e. The van der Waals surface area contributed by atoms with Crippen LogP contribution in [0.4, 0.5) is 17.6 Å². The molecule has 0 aliphatic rings. The molecule has 2 aromatic rings. The predicted octanol–water partition coefficient (Wildman–Crippen LogP) is 3.75. The molecule has 0 aromatic heterocycles. The van der Waals surface area contributed by atoms with E-state index < -0.39 is 29.3 Å². The van der Waals surface area contributed by atoms with E-state index in [4.69, 9.17) is 5.84 Å². The summed E-state index contributed by atoms with van der Waals surface area (Å²) in [7, 11) is 0. The van der Waals surface area contributed by atoms with E-state index in [-0.39, 0.29) is 12.0 Å². The molecule has 3 N–H and O–H groups in total. The molecule has 0 spiro atoms. The molecule has 2 aromatic carbocycles. The van der Waals surface area contributed by atoms with Gasteiger partial charge in [0, 0.05) is 4.47 Å². The zero-order valence-corrected chi connectivity index (χ0v) is 12.2. The van der Waals surface area contributed by atoms with Crippen LogP contribution in [0.3, 0.4) is 0 Å². The summed E-state index contributed by atoms with van der Waals surface area (Å²) in [5, 5.41) is 0. The van der Waals surface area contributed by atoms with E-state index >= 15 is 0 Å². The highest BCUT2D eigenvalue weighted by Gasteiger charge is 2.18. The maximum atomic E-state index is 13.8. The molecular formula is C14H11BrF4N2. The molecule has 0 radical (unpaired) electrons. The van der Waals surface area contributed by atoms with E-state index in [0.29, 0.717) is 10.0 Å². The number of hydrogen-bond donors (Lipinski definition) is 2. The Labute approximate surface area is 127 Å². The topological polar surface area (TPSA) is 38.0 Å². The quantitative estimate of drug-likeness (QED) is 0.376. The maximum absolute atomic E-state index is 13.8. The van der Waals surface area contributed by atoms with Crippen LogP contribution in [-0.2, 0) is 6.42 Å². The second-order valence-electron chi connectivity index (χ2n) is 4.46. The molecule has 0 amide bonds. The third kappa shape index (κ3) is 3.61. The van der Waals surface area contributed by atoms with Gasteiger partial charge in [-0.2, -0.15) is 0 Å². The van der Waals surface area contributed by atoms with Gasteiger partial charge in [0.15, 0.2) is 17.5 Å². The standard InChI is InChI=1S/C14H11BrF4N2/c15-9-2-1-7(10(16)6-9)5-13(21-20)8-3-11(17)14(19)12(18)4-8/h1-4,6,13,21H,5,20H2. The normalized spacial score (nSPS) is 12.5. The zero-order valence-electron chi connectivity index (χ0n) is 10.6. The van der Waals surface area contributed by atoms with Crippen LogP contribution < -0.4 is 11.3 Å². The third-order valence-electron chi connectivity index (χ3n) is 3.05. The first-order valence-electron chi connectivity index (χ1n) is 5.97. The highest BCUT2D eigenvalue weighted by atomic mass is 79.9. The van der Waals surface area contributed by atoms with Crippen LogP contribution in [0, 0.1) is 23.3 Å². The van der Waals surface area contributed by atoms with Gasteiger partial charge < -0.3 is 0 Å². The van der Waals surface area contributed by atoms with Gasteiger partial charge in [0.05, 0.1) is 6.04 Å². The molecule has 0 heterocycles. The fourth-order valence-corrected chi connectivity index (χ4v) is 2.29. The summed E-state index contributed by atoms with van der Waals surface area (Å²) >= 11 is 3.13. The van der Waals surface area contributed by atoms with Gasteiger partial charge in [0.25, 0.3) is 0 Å². The summed E-state index contributed by atoms with van der Waals surface area (Å²) < 4.78 is 53.8. The molecule has 0 saturated carbocycles. The average Bonchev–Trinajstić information content (AvgIpc) is 2.43. The minimum absolute atomic E-state index is 0.0557. The summed E-state index contributed by atoms with van der Waals surface area (Å²) in [6.07, 6.45) is 0.0557. The summed E-state index contributed by atoms with van der Waals surface area (Å²) in [5.74, 6) is 0.684. The highest BCUT2D eigenvalue weighted by molar-refractivity contribution is 9.10. The summed E-state index contributed by atoms with van der Waals surface area (Å²) in [6.45, 7) is 0. The lowest BCUT2D eigenvalue weighted by Crippen LogP contribution is -2.30. The molecule has 112 valence electrons. The number of hydrogen-bond acceptors (Lipinski definition) is 2. The Morgan fingerprint density at radius 2 is 1.62 bits per heavy atom. The van der Waals surface area contributed by atoms with Gasteiger partial charge in [0.2, 0.25) is 0 Å². The number of benzene rings is 2. The molecule has 1 unspecified atom stereocenters. The summed E-state index contributed by atoms with van der Waals surface area (Å²) in [5.41, 5.74) is 2.75. The van der Waals surface area contributed by atoms with Crippen molar-refractivity contribution in [1.82, 2.24) is 5.43 Å². The number of hydrazine groups is 1. The zero-order chi connectivity index (χ0) is 15.6. The number of nitrogens with one attached hydrogen (secondary N) is 1. The maximum Gasteiger partial charge on any atom is 0.194 e. The summed E-state index contributed by atoms with van der Waals surface area (Å²) in [4.78, 5) is 0. The van der Waals surface area contributed by atoms with Gasteiger partial charge >= 0.3 is 0 Å². The van der Waals surface area contributed by atoms with Crippen molar-refractivity contribution in [2.75, 3.05) is 0 Å². The number of halogens is 5. The molecule has 21 heavy (non-hydrogen) atoms. The van der Waals surface area contributed by atoms with E-state index in [1.54, 1.807) is 6.07 Å². The molecule has 0 bridgehead atoms. The lowest BCUT2D eigenvalue weighted by molar-refractivity contribution is 0.439. The Bertz CT molecular complexity index is 640.